The van der Waals surface area contributed by atoms with Crippen molar-refractivity contribution in [3.63, 3.8) is 0 Å². The Balaban J connectivity index is 3.26. The standard InChI is InChI=1S/C9H7Cl2N5/c10-6-3-1-2-5(8(6)11)7(4-12)15-16-9(13)14/h1-3H,(H4,13,14,16)/p+1. The van der Waals surface area contributed by atoms with Gasteiger partial charge in [0.15, 0.2) is 5.71 Å². The second-order valence-corrected chi connectivity index (χ2v) is 3.53. The zero-order valence-corrected chi connectivity index (χ0v) is 9.55. The molecule has 0 fully saturated rings. The molecule has 0 atom stereocenters. The maximum Gasteiger partial charge on any atom is 0.362 e. The monoisotopic (exact) mass is 256 g/mol. The first kappa shape index (κ1) is 12.3. The summed E-state index contributed by atoms with van der Waals surface area (Å²) in [5.74, 6) is -0.120. The number of nitrogens with zero attached hydrogens (tertiary/aromatic N) is 2. The van der Waals surface area contributed by atoms with Crippen molar-refractivity contribution < 1.29 is 5.10 Å². The number of nitrogens with one attached hydrogen (secondary N) is 1. The molecule has 7 heteroatoms. The molecule has 0 radical (unpaired) electrons. The van der Waals surface area contributed by atoms with E-state index in [0.29, 0.717) is 10.6 Å². The number of hydrogen-bond donors (Lipinski definition) is 3. The maximum absolute atomic E-state index is 8.89. The van der Waals surface area contributed by atoms with Crippen LogP contribution in [0.3, 0.4) is 0 Å². The average Bonchev–Trinajstić information content (AvgIpc) is 2.24. The Bertz CT molecular complexity index is 497. The molecule has 0 spiro atoms. The van der Waals surface area contributed by atoms with E-state index in [-0.39, 0.29) is 16.7 Å². The minimum atomic E-state index is -0.120. The maximum atomic E-state index is 8.89. The Kier molecular flexibility index (Phi) is 4.11. The van der Waals surface area contributed by atoms with Crippen LogP contribution in [-0.4, -0.2) is 11.7 Å². The van der Waals surface area contributed by atoms with Crippen molar-refractivity contribution in [2.75, 3.05) is 0 Å². The second kappa shape index (κ2) is 5.35. The summed E-state index contributed by atoms with van der Waals surface area (Å²) in [5, 5.41) is 15.5. The first-order valence-electron chi connectivity index (χ1n) is 4.12. The molecule has 82 valence electrons. The Hall–Kier alpha value is -1.77. The van der Waals surface area contributed by atoms with Crippen molar-refractivity contribution in [1.82, 2.24) is 0 Å². The van der Waals surface area contributed by atoms with Gasteiger partial charge in [0.25, 0.3) is 0 Å². The molecular formula is C9H8Cl2N5+. The van der Waals surface area contributed by atoms with Gasteiger partial charge in [-0.25, -0.2) is 0 Å². The topological polar surface area (TPSA) is 102 Å². The lowest BCUT2D eigenvalue weighted by molar-refractivity contribution is -0.464. The van der Waals surface area contributed by atoms with Gasteiger partial charge in [0.05, 0.1) is 10.0 Å². The SMILES string of the molecule is N#CC(=N[NH+]=C(N)N)c1cccc(Cl)c1Cl. The molecular weight excluding hydrogens is 249 g/mol. The fourth-order valence-corrected chi connectivity index (χ4v) is 1.34. The molecule has 0 aliphatic carbocycles. The fraction of sp³-hybridized carbons (Fsp3) is 0. The summed E-state index contributed by atoms with van der Waals surface area (Å²) in [5.41, 5.74) is 10.7. The van der Waals surface area contributed by atoms with Crippen LogP contribution in [-0.2, 0) is 0 Å². The summed E-state index contributed by atoms with van der Waals surface area (Å²) >= 11 is 11.7. The lowest BCUT2D eigenvalue weighted by Gasteiger charge is -2.01. The van der Waals surface area contributed by atoms with E-state index in [4.69, 9.17) is 39.9 Å². The molecule has 5 N–H and O–H groups in total. The minimum Gasteiger partial charge on any atom is -0.289 e. The number of rotatable bonds is 2. The average molecular weight is 257 g/mol. The third-order valence-electron chi connectivity index (χ3n) is 1.61. The quantitative estimate of drug-likeness (QED) is 0.380. The number of hydrazone groups is 1. The van der Waals surface area contributed by atoms with Crippen LogP contribution in [0, 0.1) is 11.3 Å². The van der Waals surface area contributed by atoms with Crippen molar-refractivity contribution in [3.8, 4) is 6.07 Å². The predicted octanol–water partition coefficient (Wildman–Crippen LogP) is -0.425. The van der Waals surface area contributed by atoms with E-state index in [1.165, 1.54) is 0 Å². The van der Waals surface area contributed by atoms with Crippen LogP contribution in [0.2, 0.25) is 10.0 Å². The van der Waals surface area contributed by atoms with E-state index >= 15 is 0 Å². The summed E-state index contributed by atoms with van der Waals surface area (Å²) in [6.45, 7) is 0. The molecule has 0 aliphatic heterocycles. The summed E-state index contributed by atoms with van der Waals surface area (Å²) in [6, 6.07) is 6.75. The van der Waals surface area contributed by atoms with Crippen LogP contribution in [0.5, 0.6) is 0 Å². The van der Waals surface area contributed by atoms with Crippen LogP contribution in [0.4, 0.5) is 0 Å². The number of hydrogen-bond acceptors (Lipinski definition) is 2. The van der Waals surface area contributed by atoms with E-state index < -0.39 is 0 Å². The lowest BCUT2D eigenvalue weighted by atomic mass is 10.1. The van der Waals surface area contributed by atoms with Crippen molar-refractivity contribution in [1.29, 1.82) is 5.26 Å². The van der Waals surface area contributed by atoms with Gasteiger partial charge in [-0.05, 0) is 6.07 Å². The summed E-state index contributed by atoms with van der Waals surface area (Å²) < 4.78 is 0. The minimum absolute atomic E-state index is 0.0425. The highest BCUT2D eigenvalue weighted by atomic mass is 35.5. The van der Waals surface area contributed by atoms with Gasteiger partial charge in [-0.2, -0.15) is 10.4 Å². The third-order valence-corrected chi connectivity index (χ3v) is 2.43. The van der Waals surface area contributed by atoms with Crippen LogP contribution in [0.25, 0.3) is 0 Å². The summed E-state index contributed by atoms with van der Waals surface area (Å²) in [6.07, 6.45) is 0. The van der Waals surface area contributed by atoms with Gasteiger partial charge in [-0.15, -0.1) is 5.10 Å². The van der Waals surface area contributed by atoms with Crippen molar-refractivity contribution >= 4 is 34.9 Å². The molecule has 0 saturated heterocycles. The molecule has 1 aromatic carbocycles. The van der Waals surface area contributed by atoms with E-state index in [1.807, 2.05) is 6.07 Å². The van der Waals surface area contributed by atoms with Crippen LogP contribution >= 0.6 is 23.2 Å². The highest BCUT2D eigenvalue weighted by Gasteiger charge is 2.10. The van der Waals surface area contributed by atoms with Gasteiger partial charge < -0.3 is 0 Å². The zero-order chi connectivity index (χ0) is 12.1. The number of nitrogens with two attached hydrogens (primary N) is 2. The lowest BCUT2D eigenvalue weighted by Crippen LogP contribution is -2.72. The molecule has 1 rings (SSSR count). The van der Waals surface area contributed by atoms with Gasteiger partial charge in [0, 0.05) is 5.56 Å². The third kappa shape index (κ3) is 2.86. The van der Waals surface area contributed by atoms with Crippen molar-refractivity contribution in [3.05, 3.63) is 33.8 Å². The Labute approximate surface area is 102 Å². The van der Waals surface area contributed by atoms with Gasteiger partial charge in [0.1, 0.15) is 6.07 Å². The Morgan fingerprint density at radius 3 is 2.62 bits per heavy atom. The number of halogens is 2. The highest BCUT2D eigenvalue weighted by molar-refractivity contribution is 6.44. The zero-order valence-electron chi connectivity index (χ0n) is 8.04. The summed E-state index contributed by atoms with van der Waals surface area (Å²) in [4.78, 5) is 0. The fourth-order valence-electron chi connectivity index (χ4n) is 0.953. The molecule has 16 heavy (non-hydrogen) atoms. The molecule has 0 aliphatic rings. The molecule has 0 bridgehead atoms. The van der Waals surface area contributed by atoms with E-state index in [1.54, 1.807) is 18.2 Å². The molecule has 0 amide bonds. The second-order valence-electron chi connectivity index (χ2n) is 2.74. The van der Waals surface area contributed by atoms with E-state index in [2.05, 4.69) is 10.2 Å². The molecule has 5 nitrogen and oxygen atoms in total. The molecule has 1 aromatic rings. The Morgan fingerprint density at radius 1 is 1.38 bits per heavy atom. The predicted molar refractivity (Wildman–Crippen MR) is 63.0 cm³/mol. The first-order valence-corrected chi connectivity index (χ1v) is 4.88. The first-order chi connectivity index (χ1) is 7.56. The van der Waals surface area contributed by atoms with Crippen LogP contribution in [0.1, 0.15) is 5.56 Å². The van der Waals surface area contributed by atoms with Crippen molar-refractivity contribution in [2.45, 2.75) is 0 Å². The van der Waals surface area contributed by atoms with Crippen molar-refractivity contribution in [2.24, 2.45) is 16.6 Å². The normalized spacial score (nSPS) is 10.7. The molecule has 0 saturated carbocycles. The number of benzene rings is 1. The van der Waals surface area contributed by atoms with Gasteiger partial charge in [-0.3, -0.25) is 11.5 Å². The molecule has 0 heterocycles. The molecule has 0 aromatic heterocycles. The molecule has 0 unspecified atom stereocenters. The smallest absolute Gasteiger partial charge is 0.289 e. The van der Waals surface area contributed by atoms with E-state index in [9.17, 15) is 0 Å². The largest absolute Gasteiger partial charge is 0.362 e. The number of guanidine groups is 1. The van der Waals surface area contributed by atoms with Gasteiger partial charge in [0.2, 0.25) is 0 Å². The van der Waals surface area contributed by atoms with Gasteiger partial charge in [-0.1, -0.05) is 35.3 Å². The van der Waals surface area contributed by atoms with E-state index in [0.717, 1.165) is 0 Å². The Morgan fingerprint density at radius 2 is 2.06 bits per heavy atom. The highest BCUT2D eigenvalue weighted by Crippen LogP contribution is 2.25. The number of nitriles is 1. The van der Waals surface area contributed by atoms with Gasteiger partial charge >= 0.3 is 5.96 Å². The van der Waals surface area contributed by atoms with Crippen LogP contribution < -0.4 is 16.6 Å². The van der Waals surface area contributed by atoms with Crippen LogP contribution in [0.15, 0.2) is 23.3 Å². The summed E-state index contributed by atoms with van der Waals surface area (Å²) in [7, 11) is 0.